The molecule has 2 heterocycles. The zero-order valence-corrected chi connectivity index (χ0v) is 12.6. The Bertz CT molecular complexity index is 388. The molecule has 0 radical (unpaired) electrons. The van der Waals surface area contributed by atoms with Crippen LogP contribution < -0.4 is 5.73 Å². The molecular weight excluding hydrogens is 242 g/mol. The SMILES string of the molecule is CCN1CCCC(N)(c2nc(C(C)C)cs2)CC1. The molecule has 1 saturated heterocycles. The van der Waals surface area contributed by atoms with Crippen LogP contribution in [-0.2, 0) is 5.54 Å². The Hall–Kier alpha value is -0.450. The molecule has 102 valence electrons. The van der Waals surface area contributed by atoms with Gasteiger partial charge in [-0.05, 0) is 38.3 Å². The lowest BCUT2D eigenvalue weighted by atomic mass is 9.92. The van der Waals surface area contributed by atoms with E-state index in [-0.39, 0.29) is 5.54 Å². The van der Waals surface area contributed by atoms with Crippen molar-refractivity contribution in [1.82, 2.24) is 9.88 Å². The molecule has 3 nitrogen and oxygen atoms in total. The van der Waals surface area contributed by atoms with Crippen molar-refractivity contribution in [2.45, 2.75) is 51.5 Å². The minimum Gasteiger partial charge on any atom is -0.319 e. The van der Waals surface area contributed by atoms with Crippen LogP contribution in [0.4, 0.5) is 0 Å². The minimum atomic E-state index is -0.193. The molecule has 0 spiro atoms. The van der Waals surface area contributed by atoms with Crippen molar-refractivity contribution in [3.05, 3.63) is 16.1 Å². The smallest absolute Gasteiger partial charge is 0.113 e. The molecule has 0 aromatic carbocycles. The van der Waals surface area contributed by atoms with Gasteiger partial charge >= 0.3 is 0 Å². The number of hydrogen-bond donors (Lipinski definition) is 1. The molecule has 0 bridgehead atoms. The minimum absolute atomic E-state index is 0.193. The van der Waals surface area contributed by atoms with Gasteiger partial charge in [0.15, 0.2) is 0 Å². The fourth-order valence-electron chi connectivity index (χ4n) is 2.52. The van der Waals surface area contributed by atoms with E-state index in [0.29, 0.717) is 5.92 Å². The molecule has 2 N–H and O–H groups in total. The van der Waals surface area contributed by atoms with Crippen LogP contribution in [0.3, 0.4) is 0 Å². The highest BCUT2D eigenvalue weighted by atomic mass is 32.1. The summed E-state index contributed by atoms with van der Waals surface area (Å²) in [4.78, 5) is 7.26. The summed E-state index contributed by atoms with van der Waals surface area (Å²) < 4.78 is 0. The fraction of sp³-hybridized carbons (Fsp3) is 0.786. The summed E-state index contributed by atoms with van der Waals surface area (Å²) >= 11 is 1.75. The highest BCUT2D eigenvalue weighted by Crippen LogP contribution is 2.33. The quantitative estimate of drug-likeness (QED) is 0.915. The first-order valence-electron chi connectivity index (χ1n) is 7.02. The second-order valence-corrected chi connectivity index (χ2v) is 6.53. The third-order valence-electron chi connectivity index (χ3n) is 3.96. The topological polar surface area (TPSA) is 42.1 Å². The Balaban J connectivity index is 2.14. The molecule has 1 aliphatic rings. The second-order valence-electron chi connectivity index (χ2n) is 5.68. The summed E-state index contributed by atoms with van der Waals surface area (Å²) in [5, 5.41) is 3.32. The Morgan fingerprint density at radius 1 is 1.44 bits per heavy atom. The summed E-state index contributed by atoms with van der Waals surface area (Å²) in [7, 11) is 0. The molecule has 1 atom stereocenters. The molecule has 1 aromatic rings. The maximum Gasteiger partial charge on any atom is 0.113 e. The summed E-state index contributed by atoms with van der Waals surface area (Å²) in [6.07, 6.45) is 3.28. The van der Waals surface area contributed by atoms with Gasteiger partial charge in [-0.2, -0.15) is 0 Å². The average molecular weight is 267 g/mol. The van der Waals surface area contributed by atoms with Crippen molar-refractivity contribution >= 4 is 11.3 Å². The van der Waals surface area contributed by atoms with Gasteiger partial charge in [0.2, 0.25) is 0 Å². The van der Waals surface area contributed by atoms with Crippen LogP contribution in [0.15, 0.2) is 5.38 Å². The van der Waals surface area contributed by atoms with Gasteiger partial charge in [-0.1, -0.05) is 20.8 Å². The van der Waals surface area contributed by atoms with Gasteiger partial charge in [-0.3, -0.25) is 0 Å². The van der Waals surface area contributed by atoms with E-state index in [4.69, 9.17) is 10.7 Å². The first-order chi connectivity index (χ1) is 8.55. The first kappa shape index (κ1) is 14.0. The first-order valence-corrected chi connectivity index (χ1v) is 7.90. The predicted octanol–water partition coefficient (Wildman–Crippen LogP) is 2.93. The predicted molar refractivity (Wildman–Crippen MR) is 78.0 cm³/mol. The molecule has 18 heavy (non-hydrogen) atoms. The van der Waals surface area contributed by atoms with E-state index in [2.05, 4.69) is 31.1 Å². The number of nitrogens with zero attached hydrogens (tertiary/aromatic N) is 2. The number of thiazole rings is 1. The van der Waals surface area contributed by atoms with Gasteiger partial charge in [-0.25, -0.2) is 4.98 Å². The summed E-state index contributed by atoms with van der Waals surface area (Å²) in [6, 6.07) is 0. The lowest BCUT2D eigenvalue weighted by molar-refractivity contribution is 0.289. The van der Waals surface area contributed by atoms with Crippen LogP contribution in [0, 0.1) is 0 Å². The van der Waals surface area contributed by atoms with E-state index in [1.807, 2.05) is 0 Å². The van der Waals surface area contributed by atoms with E-state index in [1.54, 1.807) is 11.3 Å². The highest BCUT2D eigenvalue weighted by Gasteiger charge is 2.32. The standard InChI is InChI=1S/C14H25N3S/c1-4-17-8-5-6-14(15,7-9-17)13-16-12(10-18-13)11(2)3/h10-11H,4-9,15H2,1-3H3. The Labute approximate surface area is 114 Å². The van der Waals surface area contributed by atoms with Crippen LogP contribution in [0.1, 0.15) is 56.7 Å². The van der Waals surface area contributed by atoms with E-state index in [9.17, 15) is 0 Å². The van der Waals surface area contributed by atoms with Crippen molar-refractivity contribution in [1.29, 1.82) is 0 Å². The molecule has 1 aromatic heterocycles. The Kier molecular flexibility index (Phi) is 4.41. The molecular formula is C14H25N3S. The number of likely N-dealkylation sites (tertiary alicyclic amines) is 1. The van der Waals surface area contributed by atoms with E-state index in [1.165, 1.54) is 18.7 Å². The van der Waals surface area contributed by atoms with Gasteiger partial charge in [0, 0.05) is 11.9 Å². The van der Waals surface area contributed by atoms with Crippen molar-refractivity contribution in [2.75, 3.05) is 19.6 Å². The molecule has 1 aliphatic heterocycles. The van der Waals surface area contributed by atoms with Crippen molar-refractivity contribution < 1.29 is 0 Å². The van der Waals surface area contributed by atoms with Crippen molar-refractivity contribution in [2.24, 2.45) is 5.73 Å². The molecule has 4 heteroatoms. The maximum absolute atomic E-state index is 6.63. The van der Waals surface area contributed by atoms with Crippen LogP contribution in [0.2, 0.25) is 0 Å². The molecule has 0 saturated carbocycles. The molecule has 0 amide bonds. The largest absolute Gasteiger partial charge is 0.319 e. The third kappa shape index (κ3) is 2.92. The van der Waals surface area contributed by atoms with E-state index >= 15 is 0 Å². The van der Waals surface area contributed by atoms with Crippen molar-refractivity contribution in [3.8, 4) is 0 Å². The lowest BCUT2D eigenvalue weighted by Crippen LogP contribution is -2.37. The molecule has 2 rings (SSSR count). The summed E-state index contributed by atoms with van der Waals surface area (Å²) in [6.45, 7) is 10.0. The number of aromatic nitrogens is 1. The Morgan fingerprint density at radius 2 is 2.22 bits per heavy atom. The van der Waals surface area contributed by atoms with Gasteiger partial charge in [-0.15, -0.1) is 11.3 Å². The van der Waals surface area contributed by atoms with Gasteiger partial charge in [0.05, 0.1) is 11.2 Å². The van der Waals surface area contributed by atoms with E-state index < -0.39 is 0 Å². The highest BCUT2D eigenvalue weighted by molar-refractivity contribution is 7.09. The number of hydrogen-bond acceptors (Lipinski definition) is 4. The third-order valence-corrected chi connectivity index (χ3v) is 5.04. The van der Waals surface area contributed by atoms with Crippen LogP contribution in [0.5, 0.6) is 0 Å². The number of nitrogens with two attached hydrogens (primary N) is 1. The van der Waals surface area contributed by atoms with E-state index in [0.717, 1.165) is 30.9 Å². The van der Waals surface area contributed by atoms with Gasteiger partial charge < -0.3 is 10.6 Å². The zero-order valence-electron chi connectivity index (χ0n) is 11.8. The average Bonchev–Trinajstić information content (AvgIpc) is 2.76. The molecule has 0 aliphatic carbocycles. The zero-order chi connectivity index (χ0) is 13.2. The summed E-state index contributed by atoms with van der Waals surface area (Å²) in [5.41, 5.74) is 7.63. The lowest BCUT2D eigenvalue weighted by Gasteiger charge is -2.25. The monoisotopic (exact) mass is 267 g/mol. The van der Waals surface area contributed by atoms with Gasteiger partial charge in [0.25, 0.3) is 0 Å². The Morgan fingerprint density at radius 3 is 2.83 bits per heavy atom. The van der Waals surface area contributed by atoms with Crippen LogP contribution >= 0.6 is 11.3 Å². The normalized spacial score (nSPS) is 26.5. The second kappa shape index (κ2) is 5.68. The summed E-state index contributed by atoms with van der Waals surface area (Å²) in [5.74, 6) is 0.497. The fourth-order valence-corrected chi connectivity index (χ4v) is 3.68. The van der Waals surface area contributed by atoms with Gasteiger partial charge in [0.1, 0.15) is 5.01 Å². The van der Waals surface area contributed by atoms with Crippen molar-refractivity contribution in [3.63, 3.8) is 0 Å². The number of rotatable bonds is 3. The van der Waals surface area contributed by atoms with Crippen LogP contribution in [-0.4, -0.2) is 29.5 Å². The van der Waals surface area contributed by atoms with Crippen LogP contribution in [0.25, 0.3) is 0 Å². The maximum atomic E-state index is 6.63. The molecule has 1 unspecified atom stereocenters. The molecule has 1 fully saturated rings.